The van der Waals surface area contributed by atoms with Crippen LogP contribution in [0.3, 0.4) is 0 Å². The molecule has 2 aliphatic rings. The number of anilines is 1. The minimum atomic E-state index is -0.0433. The highest BCUT2D eigenvalue weighted by atomic mass is 16.3. The van der Waals surface area contributed by atoms with Gasteiger partial charge in [-0.25, -0.2) is 9.97 Å². The molecule has 0 unspecified atom stereocenters. The summed E-state index contributed by atoms with van der Waals surface area (Å²) >= 11 is 0. The molecule has 2 aliphatic heterocycles. The molecule has 4 heterocycles. The van der Waals surface area contributed by atoms with Crippen LogP contribution < -0.4 is 4.90 Å². The maximum absolute atomic E-state index is 12.5. The molecule has 0 atom stereocenters. The van der Waals surface area contributed by atoms with E-state index in [2.05, 4.69) is 11.8 Å². The summed E-state index contributed by atoms with van der Waals surface area (Å²) in [6.45, 7) is 5.50. The van der Waals surface area contributed by atoms with Gasteiger partial charge in [0.25, 0.3) is 5.91 Å². The van der Waals surface area contributed by atoms with Gasteiger partial charge in [0.1, 0.15) is 0 Å². The molecule has 6 nitrogen and oxygen atoms in total. The van der Waals surface area contributed by atoms with E-state index in [4.69, 9.17) is 14.4 Å². The van der Waals surface area contributed by atoms with E-state index >= 15 is 0 Å². The highest BCUT2D eigenvalue weighted by molar-refractivity contribution is 5.91. The predicted octanol–water partition coefficient (Wildman–Crippen LogP) is 2.22. The first-order valence-corrected chi connectivity index (χ1v) is 8.66. The van der Waals surface area contributed by atoms with Crippen LogP contribution in [0.15, 0.2) is 22.8 Å². The van der Waals surface area contributed by atoms with E-state index in [0.717, 1.165) is 43.3 Å². The standard InChI is InChI=1S/C18H22N4O2/c1-13-14-6-10-21(17(23)16-5-4-12-24-16)11-7-15(14)20-18(19-13)22-8-2-3-9-22/h4-5,12H,2-3,6-11H2,1H3. The van der Waals surface area contributed by atoms with Crippen molar-refractivity contribution >= 4 is 11.9 Å². The number of hydrogen-bond donors (Lipinski definition) is 0. The highest BCUT2D eigenvalue weighted by Crippen LogP contribution is 2.23. The van der Waals surface area contributed by atoms with E-state index in [9.17, 15) is 4.79 Å². The number of carbonyl (C=O) groups excluding carboxylic acids is 1. The van der Waals surface area contributed by atoms with Crippen molar-refractivity contribution in [3.8, 4) is 0 Å². The first kappa shape index (κ1) is 15.2. The third kappa shape index (κ3) is 2.77. The van der Waals surface area contributed by atoms with Crippen molar-refractivity contribution in [3.05, 3.63) is 41.1 Å². The maximum atomic E-state index is 12.5. The van der Waals surface area contributed by atoms with E-state index in [1.54, 1.807) is 12.1 Å². The smallest absolute Gasteiger partial charge is 0.289 e. The number of rotatable bonds is 2. The van der Waals surface area contributed by atoms with Crippen LogP contribution in [0, 0.1) is 6.92 Å². The van der Waals surface area contributed by atoms with Gasteiger partial charge in [0.2, 0.25) is 5.95 Å². The first-order valence-electron chi connectivity index (χ1n) is 8.66. The van der Waals surface area contributed by atoms with Crippen LogP contribution in [0.2, 0.25) is 0 Å². The summed E-state index contributed by atoms with van der Waals surface area (Å²) < 4.78 is 5.25. The molecule has 1 saturated heterocycles. The lowest BCUT2D eigenvalue weighted by Crippen LogP contribution is -2.33. The Labute approximate surface area is 141 Å². The Morgan fingerprint density at radius 3 is 2.67 bits per heavy atom. The first-order chi connectivity index (χ1) is 11.7. The van der Waals surface area contributed by atoms with Gasteiger partial charge in [0, 0.05) is 38.3 Å². The lowest BCUT2D eigenvalue weighted by Gasteiger charge is -2.18. The lowest BCUT2D eigenvalue weighted by atomic mass is 10.1. The summed E-state index contributed by atoms with van der Waals surface area (Å²) in [4.78, 5) is 26.2. The van der Waals surface area contributed by atoms with Gasteiger partial charge in [-0.1, -0.05) is 0 Å². The monoisotopic (exact) mass is 326 g/mol. The molecule has 6 heteroatoms. The second-order valence-electron chi connectivity index (χ2n) is 6.50. The number of fused-ring (bicyclic) bond motifs is 1. The zero-order valence-electron chi connectivity index (χ0n) is 14.0. The zero-order valence-corrected chi connectivity index (χ0v) is 14.0. The molecular formula is C18H22N4O2. The Balaban J connectivity index is 1.56. The molecule has 4 rings (SSSR count). The summed E-state index contributed by atoms with van der Waals surface area (Å²) in [5, 5.41) is 0. The van der Waals surface area contributed by atoms with Crippen LogP contribution in [-0.4, -0.2) is 47.0 Å². The average molecular weight is 326 g/mol. The van der Waals surface area contributed by atoms with Crippen molar-refractivity contribution in [1.82, 2.24) is 14.9 Å². The summed E-state index contributed by atoms with van der Waals surface area (Å²) in [5.74, 6) is 1.22. The quantitative estimate of drug-likeness (QED) is 0.847. The SMILES string of the molecule is Cc1nc(N2CCCC2)nc2c1CCN(C(=O)c1ccco1)CC2. The largest absolute Gasteiger partial charge is 0.459 e. The molecule has 126 valence electrons. The molecular weight excluding hydrogens is 304 g/mol. The van der Waals surface area contributed by atoms with Crippen molar-refractivity contribution < 1.29 is 9.21 Å². The van der Waals surface area contributed by atoms with Crippen molar-refractivity contribution in [2.24, 2.45) is 0 Å². The number of aryl methyl sites for hydroxylation is 1. The third-order valence-corrected chi connectivity index (χ3v) is 4.95. The van der Waals surface area contributed by atoms with Crippen molar-refractivity contribution in [2.45, 2.75) is 32.6 Å². The molecule has 2 aromatic heterocycles. The van der Waals surface area contributed by atoms with Crippen molar-refractivity contribution in [1.29, 1.82) is 0 Å². The minimum Gasteiger partial charge on any atom is -0.459 e. The van der Waals surface area contributed by atoms with Gasteiger partial charge in [0.05, 0.1) is 12.0 Å². The van der Waals surface area contributed by atoms with Crippen molar-refractivity contribution in [2.75, 3.05) is 31.1 Å². The van der Waals surface area contributed by atoms with Crippen LogP contribution in [0.25, 0.3) is 0 Å². The molecule has 0 bridgehead atoms. The van der Waals surface area contributed by atoms with Crippen molar-refractivity contribution in [3.63, 3.8) is 0 Å². The number of aromatic nitrogens is 2. The number of amides is 1. The summed E-state index contributed by atoms with van der Waals surface area (Å²) in [6, 6.07) is 3.47. The van der Waals surface area contributed by atoms with E-state index in [-0.39, 0.29) is 5.91 Å². The Kier molecular flexibility index (Phi) is 3.96. The Morgan fingerprint density at radius 1 is 1.12 bits per heavy atom. The summed E-state index contributed by atoms with van der Waals surface area (Å²) in [5.41, 5.74) is 3.35. The van der Waals surface area contributed by atoms with Gasteiger partial charge < -0.3 is 14.2 Å². The minimum absolute atomic E-state index is 0.0433. The van der Waals surface area contributed by atoms with Gasteiger partial charge in [-0.05, 0) is 43.9 Å². The molecule has 1 amide bonds. The second kappa shape index (κ2) is 6.26. The fraction of sp³-hybridized carbons (Fsp3) is 0.500. The van der Waals surface area contributed by atoms with Gasteiger partial charge >= 0.3 is 0 Å². The fourth-order valence-corrected chi connectivity index (χ4v) is 3.59. The summed E-state index contributed by atoms with van der Waals surface area (Å²) in [6.07, 6.45) is 5.54. The number of furan rings is 1. The van der Waals surface area contributed by atoms with Crippen LogP contribution in [0.4, 0.5) is 5.95 Å². The number of carbonyl (C=O) groups is 1. The van der Waals surface area contributed by atoms with Gasteiger partial charge in [-0.15, -0.1) is 0 Å². The Bertz CT molecular complexity index is 736. The van der Waals surface area contributed by atoms with E-state index in [0.29, 0.717) is 18.8 Å². The zero-order chi connectivity index (χ0) is 16.5. The normalized spacial score (nSPS) is 17.7. The topological polar surface area (TPSA) is 62.5 Å². The van der Waals surface area contributed by atoms with E-state index in [1.807, 2.05) is 4.90 Å². The molecule has 0 aliphatic carbocycles. The number of hydrogen-bond acceptors (Lipinski definition) is 5. The molecule has 0 radical (unpaired) electrons. The van der Waals surface area contributed by atoms with Crippen LogP contribution in [-0.2, 0) is 12.8 Å². The Morgan fingerprint density at radius 2 is 1.92 bits per heavy atom. The average Bonchev–Trinajstić information content (AvgIpc) is 3.25. The molecule has 1 fully saturated rings. The fourth-order valence-electron chi connectivity index (χ4n) is 3.59. The predicted molar refractivity (Wildman–Crippen MR) is 90.2 cm³/mol. The maximum Gasteiger partial charge on any atom is 0.289 e. The summed E-state index contributed by atoms with van der Waals surface area (Å²) in [7, 11) is 0. The lowest BCUT2D eigenvalue weighted by molar-refractivity contribution is 0.0731. The Hall–Kier alpha value is -2.37. The second-order valence-corrected chi connectivity index (χ2v) is 6.50. The van der Waals surface area contributed by atoms with Gasteiger partial charge in [0.15, 0.2) is 5.76 Å². The molecule has 0 N–H and O–H groups in total. The molecule has 0 spiro atoms. The number of nitrogens with zero attached hydrogens (tertiary/aromatic N) is 4. The third-order valence-electron chi connectivity index (χ3n) is 4.95. The van der Waals surface area contributed by atoms with Crippen LogP contribution in [0.5, 0.6) is 0 Å². The molecule has 0 aromatic carbocycles. The van der Waals surface area contributed by atoms with Crippen LogP contribution >= 0.6 is 0 Å². The molecule has 0 saturated carbocycles. The highest BCUT2D eigenvalue weighted by Gasteiger charge is 2.25. The van der Waals surface area contributed by atoms with Crippen LogP contribution in [0.1, 0.15) is 40.3 Å². The van der Waals surface area contributed by atoms with E-state index < -0.39 is 0 Å². The van der Waals surface area contributed by atoms with Gasteiger partial charge in [-0.3, -0.25) is 4.79 Å². The van der Waals surface area contributed by atoms with Gasteiger partial charge in [-0.2, -0.15) is 0 Å². The molecule has 2 aromatic rings. The van der Waals surface area contributed by atoms with E-state index in [1.165, 1.54) is 24.7 Å². The molecule has 24 heavy (non-hydrogen) atoms.